The molecule has 1 aliphatic rings. The molecule has 0 saturated carbocycles. The lowest BCUT2D eigenvalue weighted by Gasteiger charge is -2.41. The number of aliphatic hydroxyl groups excluding tert-OH is 2. The lowest BCUT2D eigenvalue weighted by Crippen LogP contribution is -2.61. The van der Waals surface area contributed by atoms with Crippen LogP contribution in [-0.2, 0) is 14.2 Å². The van der Waals surface area contributed by atoms with Gasteiger partial charge in [0.2, 0.25) is 0 Å². The smallest absolute Gasteiger partial charge is 0.113 e. The number of likely N-dealkylation sites (N-methyl/N-ethyl adjacent to an activating group) is 1. The fourth-order valence-corrected chi connectivity index (χ4v) is 2.48. The van der Waals surface area contributed by atoms with Gasteiger partial charge in [-0.25, -0.2) is 0 Å². The molecular weight excluding hydrogens is 276 g/mol. The van der Waals surface area contributed by atoms with Crippen molar-refractivity contribution in [2.75, 3.05) is 54.1 Å². The monoisotopic (exact) mass is 307 g/mol. The Morgan fingerprint density at radius 1 is 1.29 bits per heavy atom. The van der Waals surface area contributed by atoms with Gasteiger partial charge in [0.05, 0.1) is 46.1 Å². The van der Waals surface area contributed by atoms with Gasteiger partial charge in [-0.3, -0.25) is 0 Å². The standard InChI is InChI=1S/C14H31N2O5/c1-10-12(15)13(18)14(19-4)11(21-10)9-20-8-6-16(2,3)5-7-17/h10-14,17-18H,5-9,15H2,1-4H3/q+1/t10-,11?,12?,13+,14+/m0/s1. The number of hydrogen-bond acceptors (Lipinski definition) is 6. The van der Waals surface area contributed by atoms with Crippen molar-refractivity contribution in [1.82, 2.24) is 0 Å². The zero-order chi connectivity index (χ0) is 16.0. The highest BCUT2D eigenvalue weighted by molar-refractivity contribution is 4.93. The first-order valence-electron chi connectivity index (χ1n) is 7.45. The first-order valence-corrected chi connectivity index (χ1v) is 7.45. The largest absolute Gasteiger partial charge is 0.391 e. The zero-order valence-electron chi connectivity index (χ0n) is 13.6. The molecule has 0 aliphatic carbocycles. The molecule has 21 heavy (non-hydrogen) atoms. The van der Waals surface area contributed by atoms with Crippen LogP contribution in [0.3, 0.4) is 0 Å². The highest BCUT2D eigenvalue weighted by Crippen LogP contribution is 2.22. The number of nitrogens with zero attached hydrogens (tertiary/aromatic N) is 1. The fraction of sp³-hybridized carbons (Fsp3) is 1.00. The van der Waals surface area contributed by atoms with E-state index in [4.69, 9.17) is 25.1 Å². The highest BCUT2D eigenvalue weighted by atomic mass is 16.6. The topological polar surface area (TPSA) is 94.2 Å². The Morgan fingerprint density at radius 3 is 2.52 bits per heavy atom. The molecule has 5 atom stereocenters. The summed E-state index contributed by atoms with van der Waals surface area (Å²) in [6.45, 7) is 4.39. The maximum Gasteiger partial charge on any atom is 0.113 e. The Balaban J connectivity index is 2.39. The summed E-state index contributed by atoms with van der Waals surface area (Å²) >= 11 is 0. The van der Waals surface area contributed by atoms with Crippen molar-refractivity contribution in [1.29, 1.82) is 0 Å². The molecule has 2 unspecified atom stereocenters. The molecule has 0 aromatic carbocycles. The number of rotatable bonds is 8. The Bertz CT molecular complexity index is 303. The molecule has 126 valence electrons. The van der Waals surface area contributed by atoms with E-state index in [9.17, 15) is 5.11 Å². The van der Waals surface area contributed by atoms with Crippen LogP contribution in [0.1, 0.15) is 6.92 Å². The minimum Gasteiger partial charge on any atom is -0.391 e. The van der Waals surface area contributed by atoms with Gasteiger partial charge in [-0.1, -0.05) is 0 Å². The molecular formula is C14H31N2O5+. The molecule has 0 aromatic rings. The zero-order valence-corrected chi connectivity index (χ0v) is 13.6. The summed E-state index contributed by atoms with van der Waals surface area (Å²) in [6.07, 6.45) is -1.79. The van der Waals surface area contributed by atoms with Gasteiger partial charge in [0.15, 0.2) is 0 Å². The van der Waals surface area contributed by atoms with Crippen LogP contribution in [0.2, 0.25) is 0 Å². The van der Waals surface area contributed by atoms with E-state index < -0.39 is 18.2 Å². The lowest BCUT2D eigenvalue weighted by atomic mass is 9.94. The van der Waals surface area contributed by atoms with Gasteiger partial charge in [-0.2, -0.15) is 0 Å². The van der Waals surface area contributed by atoms with Crippen molar-refractivity contribution in [3.63, 3.8) is 0 Å². The molecule has 0 spiro atoms. The molecule has 0 radical (unpaired) electrons. The van der Waals surface area contributed by atoms with E-state index in [1.807, 2.05) is 21.0 Å². The summed E-state index contributed by atoms with van der Waals surface area (Å²) in [7, 11) is 5.62. The average Bonchev–Trinajstić information content (AvgIpc) is 2.41. The third-order valence-electron chi connectivity index (χ3n) is 4.13. The van der Waals surface area contributed by atoms with Gasteiger partial charge in [-0.15, -0.1) is 0 Å². The van der Waals surface area contributed by atoms with Crippen LogP contribution in [0.25, 0.3) is 0 Å². The SMILES string of the molecule is CO[C@@H]1C(COCC[N+](C)(C)CCO)O[C@@H](C)C(N)[C@H]1O. The van der Waals surface area contributed by atoms with Crippen LogP contribution in [0.4, 0.5) is 0 Å². The number of methoxy groups -OCH3 is 1. The lowest BCUT2D eigenvalue weighted by molar-refractivity contribution is -0.891. The van der Waals surface area contributed by atoms with Crippen LogP contribution in [-0.4, -0.2) is 99.3 Å². The van der Waals surface area contributed by atoms with Crippen LogP contribution in [0.15, 0.2) is 0 Å². The Labute approximate surface area is 127 Å². The summed E-state index contributed by atoms with van der Waals surface area (Å²) in [5.41, 5.74) is 5.87. The third kappa shape index (κ3) is 5.45. The minimum absolute atomic E-state index is 0.159. The molecule has 0 bridgehead atoms. The molecule has 0 aromatic heterocycles. The second kappa shape index (κ2) is 8.38. The molecule has 7 heteroatoms. The summed E-state index contributed by atoms with van der Waals surface area (Å²) in [6, 6.07) is -0.452. The first kappa shape index (κ1) is 18.8. The average molecular weight is 307 g/mol. The fourth-order valence-electron chi connectivity index (χ4n) is 2.48. The molecule has 7 nitrogen and oxygen atoms in total. The number of hydrogen-bond donors (Lipinski definition) is 3. The maximum absolute atomic E-state index is 10.1. The first-order chi connectivity index (χ1) is 9.82. The van der Waals surface area contributed by atoms with Gasteiger partial charge in [0, 0.05) is 7.11 Å². The number of aliphatic hydroxyl groups is 2. The summed E-state index contributed by atoms with van der Waals surface area (Å²) in [5.74, 6) is 0. The minimum atomic E-state index is -0.756. The second-order valence-electron chi connectivity index (χ2n) is 6.33. The van der Waals surface area contributed by atoms with Gasteiger partial charge < -0.3 is 34.6 Å². The van der Waals surface area contributed by atoms with Crippen molar-refractivity contribution in [3.8, 4) is 0 Å². The van der Waals surface area contributed by atoms with Crippen molar-refractivity contribution in [3.05, 3.63) is 0 Å². The van der Waals surface area contributed by atoms with E-state index in [0.29, 0.717) is 24.2 Å². The van der Waals surface area contributed by atoms with E-state index in [1.165, 1.54) is 7.11 Å². The summed E-state index contributed by atoms with van der Waals surface area (Å²) < 4.78 is 17.4. The second-order valence-corrected chi connectivity index (χ2v) is 6.33. The molecule has 1 aliphatic heterocycles. The molecule has 4 N–H and O–H groups in total. The van der Waals surface area contributed by atoms with Crippen LogP contribution in [0, 0.1) is 0 Å². The van der Waals surface area contributed by atoms with Gasteiger partial charge >= 0.3 is 0 Å². The van der Waals surface area contributed by atoms with Crippen LogP contribution < -0.4 is 5.73 Å². The normalized spacial score (nSPS) is 34.1. The molecule has 0 amide bonds. The Hall–Kier alpha value is -0.280. The van der Waals surface area contributed by atoms with Crippen molar-refractivity contribution >= 4 is 0 Å². The van der Waals surface area contributed by atoms with Crippen molar-refractivity contribution in [2.24, 2.45) is 5.73 Å². The van der Waals surface area contributed by atoms with Gasteiger partial charge in [-0.05, 0) is 6.92 Å². The molecule has 1 rings (SSSR count). The summed E-state index contributed by atoms with van der Waals surface area (Å²) in [4.78, 5) is 0. The Kier molecular flexibility index (Phi) is 7.49. The van der Waals surface area contributed by atoms with E-state index in [2.05, 4.69) is 0 Å². The van der Waals surface area contributed by atoms with Crippen LogP contribution >= 0.6 is 0 Å². The number of ether oxygens (including phenoxy) is 3. The van der Waals surface area contributed by atoms with Crippen molar-refractivity contribution in [2.45, 2.75) is 37.4 Å². The predicted octanol–water partition coefficient (Wildman–Crippen LogP) is -1.44. The van der Waals surface area contributed by atoms with E-state index in [-0.39, 0.29) is 18.8 Å². The maximum atomic E-state index is 10.1. The van der Waals surface area contributed by atoms with Gasteiger partial charge in [0.1, 0.15) is 31.4 Å². The number of quaternary nitrogens is 1. The quantitative estimate of drug-likeness (QED) is 0.376. The van der Waals surface area contributed by atoms with Crippen LogP contribution in [0.5, 0.6) is 0 Å². The number of nitrogens with two attached hydrogens (primary N) is 1. The van der Waals surface area contributed by atoms with Gasteiger partial charge in [0.25, 0.3) is 0 Å². The van der Waals surface area contributed by atoms with E-state index >= 15 is 0 Å². The highest BCUT2D eigenvalue weighted by Gasteiger charge is 2.42. The molecule has 1 fully saturated rings. The third-order valence-corrected chi connectivity index (χ3v) is 4.13. The summed E-state index contributed by atoms with van der Waals surface area (Å²) in [5, 5.41) is 19.1. The van der Waals surface area contributed by atoms with E-state index in [1.54, 1.807) is 0 Å². The molecule has 1 heterocycles. The van der Waals surface area contributed by atoms with E-state index in [0.717, 1.165) is 6.54 Å². The molecule has 1 saturated heterocycles. The Morgan fingerprint density at radius 2 is 1.95 bits per heavy atom. The van der Waals surface area contributed by atoms with Crippen molar-refractivity contribution < 1.29 is 28.9 Å². The predicted molar refractivity (Wildman–Crippen MR) is 78.9 cm³/mol.